The molecule has 2 rings (SSSR count). The van der Waals surface area contributed by atoms with Gasteiger partial charge >= 0.3 is 0 Å². The van der Waals surface area contributed by atoms with E-state index in [9.17, 15) is 10.1 Å². The lowest BCUT2D eigenvalue weighted by molar-refractivity contribution is -0.122. The number of hydrogen-bond acceptors (Lipinski definition) is 5. The Hall–Kier alpha value is -2.55. The van der Waals surface area contributed by atoms with Crippen molar-refractivity contribution in [3.05, 3.63) is 40.2 Å². The van der Waals surface area contributed by atoms with Gasteiger partial charge in [-0.2, -0.15) is 10.4 Å². The maximum atomic E-state index is 12.8. The van der Waals surface area contributed by atoms with Gasteiger partial charge in [0.15, 0.2) is 17.5 Å². The van der Waals surface area contributed by atoms with Crippen molar-refractivity contribution in [1.29, 1.82) is 5.26 Å². The molecular weight excluding hydrogens is 302 g/mol. The summed E-state index contributed by atoms with van der Waals surface area (Å²) in [4.78, 5) is 21.4. The molecule has 126 valence electrons. The summed E-state index contributed by atoms with van der Waals surface area (Å²) in [5.41, 5.74) is 4.56. The van der Waals surface area contributed by atoms with Crippen molar-refractivity contribution < 1.29 is 4.79 Å². The fourth-order valence-corrected chi connectivity index (χ4v) is 2.94. The molecule has 2 atom stereocenters. The molecule has 0 N–H and O–H groups in total. The Morgan fingerprint density at radius 3 is 2.29 bits per heavy atom. The first-order valence-corrected chi connectivity index (χ1v) is 7.99. The number of Topliss-reactive ketones (excluding diaryl/α,β-unsaturated/α-hetero) is 1. The number of hydrogen-bond donors (Lipinski definition) is 0. The van der Waals surface area contributed by atoms with Crippen LogP contribution in [-0.4, -0.2) is 25.5 Å². The number of rotatable bonds is 5. The van der Waals surface area contributed by atoms with Gasteiger partial charge < -0.3 is 0 Å². The molecule has 0 unspecified atom stereocenters. The highest BCUT2D eigenvalue weighted by Crippen LogP contribution is 2.23. The summed E-state index contributed by atoms with van der Waals surface area (Å²) in [6, 6.07) is 3.91. The molecule has 0 aliphatic rings. The second kappa shape index (κ2) is 6.91. The standard InChI is InChI=1S/C18H23N5O/c1-10(7-15-13(4)22-23(6)14(15)5)17(24)16(9-19)18-20-11(2)8-12(3)21-18/h8,10,16H,7H2,1-6H3/t10-,16+/m0/s1. The zero-order valence-electron chi connectivity index (χ0n) is 15.1. The van der Waals surface area contributed by atoms with Gasteiger partial charge in [0.05, 0.1) is 11.8 Å². The van der Waals surface area contributed by atoms with Crippen LogP contribution in [0.5, 0.6) is 0 Å². The lowest BCUT2D eigenvalue weighted by atomic mass is 9.88. The minimum absolute atomic E-state index is 0.148. The number of carbonyl (C=O) groups is 1. The summed E-state index contributed by atoms with van der Waals surface area (Å²) >= 11 is 0. The van der Waals surface area contributed by atoms with E-state index in [0.29, 0.717) is 12.2 Å². The van der Waals surface area contributed by atoms with Crippen LogP contribution in [0.2, 0.25) is 0 Å². The molecule has 0 aromatic carbocycles. The van der Waals surface area contributed by atoms with Crippen LogP contribution in [0.25, 0.3) is 0 Å². The minimum Gasteiger partial charge on any atom is -0.297 e. The van der Waals surface area contributed by atoms with Crippen molar-refractivity contribution in [2.24, 2.45) is 13.0 Å². The van der Waals surface area contributed by atoms with E-state index in [1.165, 1.54) is 0 Å². The highest BCUT2D eigenvalue weighted by Gasteiger charge is 2.29. The van der Waals surface area contributed by atoms with Gasteiger partial charge in [0.25, 0.3) is 0 Å². The molecule has 0 aliphatic carbocycles. The number of nitrogens with zero attached hydrogens (tertiary/aromatic N) is 5. The Morgan fingerprint density at radius 2 is 1.83 bits per heavy atom. The highest BCUT2D eigenvalue weighted by atomic mass is 16.1. The average molecular weight is 325 g/mol. The smallest absolute Gasteiger partial charge is 0.164 e. The zero-order valence-corrected chi connectivity index (χ0v) is 15.1. The van der Waals surface area contributed by atoms with E-state index in [2.05, 4.69) is 21.1 Å². The van der Waals surface area contributed by atoms with E-state index in [4.69, 9.17) is 0 Å². The van der Waals surface area contributed by atoms with Crippen LogP contribution in [0.3, 0.4) is 0 Å². The Kier molecular flexibility index (Phi) is 5.13. The molecule has 0 saturated carbocycles. The van der Waals surface area contributed by atoms with E-state index in [0.717, 1.165) is 28.3 Å². The van der Waals surface area contributed by atoms with Crippen molar-refractivity contribution >= 4 is 5.78 Å². The third-order valence-electron chi connectivity index (χ3n) is 4.33. The van der Waals surface area contributed by atoms with Gasteiger partial charge in [0, 0.05) is 30.0 Å². The zero-order chi connectivity index (χ0) is 18.0. The second-order valence-corrected chi connectivity index (χ2v) is 6.35. The molecular formula is C18H23N5O. The lowest BCUT2D eigenvalue weighted by Gasteiger charge is -2.15. The van der Waals surface area contributed by atoms with Crippen molar-refractivity contribution in [2.75, 3.05) is 0 Å². The molecule has 0 radical (unpaired) electrons. The summed E-state index contributed by atoms with van der Waals surface area (Å²) in [6.45, 7) is 9.45. The van der Waals surface area contributed by atoms with Crippen LogP contribution in [0, 0.1) is 44.9 Å². The van der Waals surface area contributed by atoms with Gasteiger partial charge in [-0.3, -0.25) is 9.48 Å². The molecule has 6 nitrogen and oxygen atoms in total. The van der Waals surface area contributed by atoms with Crippen LogP contribution >= 0.6 is 0 Å². The van der Waals surface area contributed by atoms with Crippen molar-refractivity contribution in [3.63, 3.8) is 0 Å². The quantitative estimate of drug-likeness (QED) is 0.843. The summed E-state index contributed by atoms with van der Waals surface area (Å²) in [5.74, 6) is -1.09. The van der Waals surface area contributed by atoms with Gasteiger partial charge in [-0.05, 0) is 45.7 Å². The van der Waals surface area contributed by atoms with Crippen LogP contribution in [-0.2, 0) is 18.3 Å². The highest BCUT2D eigenvalue weighted by molar-refractivity contribution is 5.89. The molecule has 2 aromatic heterocycles. The van der Waals surface area contributed by atoms with Crippen molar-refractivity contribution in [3.8, 4) is 6.07 Å². The Labute approximate surface area is 142 Å². The summed E-state index contributed by atoms with van der Waals surface area (Å²) in [6.07, 6.45) is 0.563. The third-order valence-corrected chi connectivity index (χ3v) is 4.33. The molecule has 2 heterocycles. The van der Waals surface area contributed by atoms with Crippen LogP contribution in [0.15, 0.2) is 6.07 Å². The summed E-state index contributed by atoms with van der Waals surface area (Å²) in [7, 11) is 1.89. The molecule has 0 bridgehead atoms. The summed E-state index contributed by atoms with van der Waals surface area (Å²) < 4.78 is 1.82. The average Bonchev–Trinajstić information content (AvgIpc) is 2.73. The van der Waals surface area contributed by atoms with E-state index in [1.807, 2.05) is 52.4 Å². The van der Waals surface area contributed by atoms with Gasteiger partial charge in [-0.15, -0.1) is 0 Å². The van der Waals surface area contributed by atoms with Crippen LogP contribution in [0.4, 0.5) is 0 Å². The van der Waals surface area contributed by atoms with Crippen LogP contribution in [0.1, 0.15) is 47.0 Å². The Bertz CT molecular complexity index is 795. The summed E-state index contributed by atoms with van der Waals surface area (Å²) in [5, 5.41) is 13.9. The molecule has 0 aliphatic heterocycles. The topological polar surface area (TPSA) is 84.5 Å². The lowest BCUT2D eigenvalue weighted by Crippen LogP contribution is -2.23. The number of nitriles is 1. The Balaban J connectivity index is 2.26. The van der Waals surface area contributed by atoms with E-state index in [1.54, 1.807) is 0 Å². The van der Waals surface area contributed by atoms with E-state index < -0.39 is 5.92 Å². The SMILES string of the molecule is Cc1cc(C)nc([C@H](C#N)C(=O)[C@@H](C)Cc2c(C)nn(C)c2C)n1. The predicted octanol–water partition coefficient (Wildman–Crippen LogP) is 2.50. The number of carbonyl (C=O) groups excluding carboxylic acids is 1. The molecule has 0 fully saturated rings. The molecule has 6 heteroatoms. The predicted molar refractivity (Wildman–Crippen MR) is 90.4 cm³/mol. The third kappa shape index (κ3) is 3.51. The van der Waals surface area contributed by atoms with Crippen molar-refractivity contribution in [1.82, 2.24) is 19.7 Å². The van der Waals surface area contributed by atoms with Crippen LogP contribution < -0.4 is 0 Å². The normalized spacial score (nSPS) is 13.4. The molecule has 0 saturated heterocycles. The Morgan fingerprint density at radius 1 is 1.25 bits per heavy atom. The number of aromatic nitrogens is 4. The van der Waals surface area contributed by atoms with E-state index in [-0.39, 0.29) is 11.7 Å². The first-order chi connectivity index (χ1) is 11.2. The second-order valence-electron chi connectivity index (χ2n) is 6.35. The molecule has 24 heavy (non-hydrogen) atoms. The largest absolute Gasteiger partial charge is 0.297 e. The first kappa shape index (κ1) is 17.8. The fourth-order valence-electron chi connectivity index (χ4n) is 2.94. The fraction of sp³-hybridized carbons (Fsp3) is 0.500. The first-order valence-electron chi connectivity index (χ1n) is 7.99. The van der Waals surface area contributed by atoms with E-state index >= 15 is 0 Å². The maximum Gasteiger partial charge on any atom is 0.164 e. The number of aryl methyl sites for hydroxylation is 4. The maximum absolute atomic E-state index is 12.8. The number of ketones is 1. The minimum atomic E-state index is -0.934. The molecule has 0 spiro atoms. The molecule has 0 amide bonds. The monoisotopic (exact) mass is 325 g/mol. The van der Waals surface area contributed by atoms with Gasteiger partial charge in [0.1, 0.15) is 0 Å². The van der Waals surface area contributed by atoms with Crippen molar-refractivity contribution in [2.45, 2.75) is 47.0 Å². The van der Waals surface area contributed by atoms with Gasteiger partial charge in [0.2, 0.25) is 0 Å². The van der Waals surface area contributed by atoms with Gasteiger partial charge in [-0.1, -0.05) is 6.92 Å². The van der Waals surface area contributed by atoms with Gasteiger partial charge in [-0.25, -0.2) is 9.97 Å². The molecule has 2 aromatic rings.